The second-order valence-corrected chi connectivity index (χ2v) is 6.47. The number of benzene rings is 1. The van der Waals surface area contributed by atoms with Gasteiger partial charge < -0.3 is 24.3 Å². The van der Waals surface area contributed by atoms with Crippen LogP contribution >= 0.6 is 24.0 Å². The molecule has 2 aromatic rings. The Balaban J connectivity index is 0.00000320. The van der Waals surface area contributed by atoms with Crippen LogP contribution in [0.3, 0.4) is 0 Å². The molecular weight excluding hydrogens is 501 g/mol. The van der Waals surface area contributed by atoms with Crippen LogP contribution in [0.4, 0.5) is 10.5 Å². The van der Waals surface area contributed by atoms with E-state index in [9.17, 15) is 9.59 Å². The molecule has 0 saturated carbocycles. The molecule has 162 valence electrons. The summed E-state index contributed by atoms with van der Waals surface area (Å²) < 4.78 is 9.77. The first-order chi connectivity index (χ1) is 14.1. The summed E-state index contributed by atoms with van der Waals surface area (Å²) in [6.07, 6.45) is 1.01. The fourth-order valence-corrected chi connectivity index (χ4v) is 3.07. The van der Waals surface area contributed by atoms with Gasteiger partial charge in [0.25, 0.3) is 5.91 Å². The van der Waals surface area contributed by atoms with Crippen LogP contribution in [0.1, 0.15) is 16.1 Å². The molecule has 1 aromatic carbocycles. The second-order valence-electron chi connectivity index (χ2n) is 6.47. The molecular formula is C20H26IN5O4. The van der Waals surface area contributed by atoms with E-state index in [2.05, 4.69) is 25.3 Å². The number of nitrogens with one attached hydrogen (secondary N) is 2. The first-order valence-electron chi connectivity index (χ1n) is 9.33. The zero-order valence-electron chi connectivity index (χ0n) is 17.0. The van der Waals surface area contributed by atoms with Gasteiger partial charge in [-0.1, -0.05) is 12.1 Å². The van der Waals surface area contributed by atoms with Crippen molar-refractivity contribution >= 4 is 47.6 Å². The Labute approximate surface area is 192 Å². The summed E-state index contributed by atoms with van der Waals surface area (Å²) in [7, 11) is 3.07. The molecule has 0 spiro atoms. The maximum atomic E-state index is 12.4. The van der Waals surface area contributed by atoms with E-state index in [4.69, 9.17) is 4.42 Å². The topological polar surface area (TPSA) is 99.4 Å². The highest BCUT2D eigenvalue weighted by Gasteiger charge is 2.25. The lowest BCUT2D eigenvalue weighted by Crippen LogP contribution is -2.53. The number of hydrogen-bond donors (Lipinski definition) is 2. The zero-order valence-corrected chi connectivity index (χ0v) is 19.3. The van der Waals surface area contributed by atoms with Crippen LogP contribution in [-0.4, -0.2) is 68.1 Å². The third-order valence-electron chi connectivity index (χ3n) is 4.65. The fraction of sp³-hybridized carbons (Fsp3) is 0.350. The molecule has 1 fully saturated rings. The van der Waals surface area contributed by atoms with E-state index in [1.807, 2.05) is 24.3 Å². The number of carbonyl (C=O) groups excluding carboxylic acids is 2. The number of furan rings is 1. The zero-order chi connectivity index (χ0) is 20.6. The van der Waals surface area contributed by atoms with Gasteiger partial charge in [-0.25, -0.2) is 4.79 Å². The molecule has 1 aliphatic rings. The van der Waals surface area contributed by atoms with Crippen LogP contribution in [0.15, 0.2) is 52.1 Å². The van der Waals surface area contributed by atoms with Crippen molar-refractivity contribution in [3.05, 3.63) is 54.0 Å². The Morgan fingerprint density at radius 3 is 2.33 bits per heavy atom. The van der Waals surface area contributed by atoms with Crippen molar-refractivity contribution in [2.45, 2.75) is 6.54 Å². The van der Waals surface area contributed by atoms with Gasteiger partial charge in [0.15, 0.2) is 11.7 Å². The van der Waals surface area contributed by atoms with Crippen LogP contribution in [-0.2, 0) is 11.3 Å². The quantitative estimate of drug-likeness (QED) is 0.361. The highest BCUT2D eigenvalue weighted by atomic mass is 127. The first-order valence-corrected chi connectivity index (χ1v) is 9.33. The molecule has 1 saturated heterocycles. The number of hydrogen-bond acceptors (Lipinski definition) is 5. The molecule has 2 amide bonds. The van der Waals surface area contributed by atoms with Crippen molar-refractivity contribution in [1.29, 1.82) is 0 Å². The molecule has 2 N–H and O–H groups in total. The van der Waals surface area contributed by atoms with E-state index in [1.54, 1.807) is 24.1 Å². The predicted molar refractivity (Wildman–Crippen MR) is 124 cm³/mol. The highest BCUT2D eigenvalue weighted by molar-refractivity contribution is 14.0. The molecule has 3 rings (SSSR count). The monoisotopic (exact) mass is 527 g/mol. The number of carbonyl (C=O) groups is 2. The van der Waals surface area contributed by atoms with Crippen LogP contribution in [0.25, 0.3) is 0 Å². The molecule has 1 aliphatic heterocycles. The molecule has 2 heterocycles. The van der Waals surface area contributed by atoms with Crippen molar-refractivity contribution in [1.82, 2.24) is 15.1 Å². The lowest BCUT2D eigenvalue weighted by molar-refractivity contribution is 0.0657. The molecule has 1 aromatic heterocycles. The van der Waals surface area contributed by atoms with Crippen molar-refractivity contribution in [2.24, 2.45) is 4.99 Å². The Kier molecular flexibility index (Phi) is 8.96. The van der Waals surface area contributed by atoms with Crippen LogP contribution in [0.2, 0.25) is 0 Å². The normalized spacial score (nSPS) is 14.0. The van der Waals surface area contributed by atoms with Gasteiger partial charge in [0.2, 0.25) is 0 Å². The number of methoxy groups -OCH3 is 1. The van der Waals surface area contributed by atoms with Gasteiger partial charge in [0.05, 0.1) is 13.4 Å². The highest BCUT2D eigenvalue weighted by Crippen LogP contribution is 2.11. The number of ether oxygens (including phenoxy) is 1. The van der Waals surface area contributed by atoms with E-state index >= 15 is 0 Å². The lowest BCUT2D eigenvalue weighted by Gasteiger charge is -2.36. The number of halogens is 1. The molecule has 0 unspecified atom stereocenters. The maximum absolute atomic E-state index is 12.4. The van der Waals surface area contributed by atoms with Gasteiger partial charge >= 0.3 is 6.09 Å². The van der Waals surface area contributed by atoms with E-state index in [1.165, 1.54) is 13.4 Å². The van der Waals surface area contributed by atoms with E-state index < -0.39 is 6.09 Å². The second kappa shape index (κ2) is 11.4. The van der Waals surface area contributed by atoms with Crippen molar-refractivity contribution in [2.75, 3.05) is 45.7 Å². The van der Waals surface area contributed by atoms with Crippen molar-refractivity contribution in [3.63, 3.8) is 0 Å². The summed E-state index contributed by atoms with van der Waals surface area (Å²) in [5, 5.41) is 5.96. The number of anilines is 1. The number of nitrogens with zero attached hydrogens (tertiary/aromatic N) is 3. The summed E-state index contributed by atoms with van der Waals surface area (Å²) in [5.74, 6) is 1.07. The average Bonchev–Trinajstić information content (AvgIpc) is 3.30. The number of amides is 2. The Bertz CT molecular complexity index is 847. The summed E-state index contributed by atoms with van der Waals surface area (Å²) in [4.78, 5) is 31.9. The Morgan fingerprint density at radius 1 is 1.10 bits per heavy atom. The van der Waals surface area contributed by atoms with Gasteiger partial charge in [-0.2, -0.15) is 0 Å². The molecule has 9 nitrogen and oxygen atoms in total. The standard InChI is InChI=1S/C20H25N5O4.HI/c1-21-19(22-14-15-5-7-16(8-6-15)23-20(27)28-2)25-11-9-24(10-12-25)18(26)17-4-3-13-29-17;/h3-8,13H,9-12,14H2,1-2H3,(H,21,22)(H,23,27);1H. The van der Waals surface area contributed by atoms with Crippen molar-refractivity contribution < 1.29 is 18.7 Å². The minimum atomic E-state index is -0.499. The number of guanidine groups is 1. The van der Waals surface area contributed by atoms with Crippen LogP contribution in [0.5, 0.6) is 0 Å². The smallest absolute Gasteiger partial charge is 0.411 e. The third-order valence-corrected chi connectivity index (χ3v) is 4.65. The van der Waals surface area contributed by atoms with E-state index in [0.29, 0.717) is 44.2 Å². The fourth-order valence-electron chi connectivity index (χ4n) is 3.07. The summed E-state index contributed by atoms with van der Waals surface area (Å²) in [5.41, 5.74) is 1.72. The molecule has 10 heteroatoms. The van der Waals surface area contributed by atoms with Gasteiger partial charge in [-0.05, 0) is 29.8 Å². The maximum Gasteiger partial charge on any atom is 0.411 e. The number of rotatable bonds is 4. The molecule has 0 bridgehead atoms. The van der Waals surface area contributed by atoms with E-state index in [0.717, 1.165) is 11.5 Å². The van der Waals surface area contributed by atoms with Gasteiger partial charge in [0, 0.05) is 45.5 Å². The minimum Gasteiger partial charge on any atom is -0.459 e. The predicted octanol–water partition coefficient (Wildman–Crippen LogP) is 2.61. The van der Waals surface area contributed by atoms with Gasteiger partial charge in [-0.3, -0.25) is 15.1 Å². The molecule has 0 radical (unpaired) electrons. The van der Waals surface area contributed by atoms with Crippen molar-refractivity contribution in [3.8, 4) is 0 Å². The van der Waals surface area contributed by atoms with Crippen LogP contribution in [0, 0.1) is 0 Å². The summed E-state index contributed by atoms with van der Waals surface area (Å²) in [6.45, 7) is 3.18. The lowest BCUT2D eigenvalue weighted by atomic mass is 10.2. The molecule has 0 aliphatic carbocycles. The van der Waals surface area contributed by atoms with Gasteiger partial charge in [0.1, 0.15) is 0 Å². The Morgan fingerprint density at radius 2 is 1.77 bits per heavy atom. The van der Waals surface area contributed by atoms with Crippen LogP contribution < -0.4 is 10.6 Å². The molecule has 30 heavy (non-hydrogen) atoms. The SMILES string of the molecule is CN=C(NCc1ccc(NC(=O)OC)cc1)N1CCN(C(=O)c2ccco2)CC1.I. The molecule has 0 atom stereocenters. The summed E-state index contributed by atoms with van der Waals surface area (Å²) in [6, 6.07) is 10.9. The summed E-state index contributed by atoms with van der Waals surface area (Å²) >= 11 is 0. The minimum absolute atomic E-state index is 0. The van der Waals surface area contributed by atoms with E-state index in [-0.39, 0.29) is 29.9 Å². The number of piperazine rings is 1. The Hall–Kier alpha value is -2.76. The average molecular weight is 527 g/mol. The number of aliphatic imine (C=N–C) groups is 1. The third kappa shape index (κ3) is 6.12. The largest absolute Gasteiger partial charge is 0.459 e. The first kappa shape index (κ1) is 23.5. The van der Waals surface area contributed by atoms with Gasteiger partial charge in [-0.15, -0.1) is 24.0 Å².